The Morgan fingerprint density at radius 2 is 1.86 bits per heavy atom. The van der Waals surface area contributed by atoms with Crippen molar-refractivity contribution >= 4 is 29.3 Å². The van der Waals surface area contributed by atoms with Gasteiger partial charge in [0.2, 0.25) is 0 Å². The summed E-state index contributed by atoms with van der Waals surface area (Å²) in [4.78, 5) is 27.8. The number of carbonyl (C=O) groups is 2. The second-order valence-electron chi connectivity index (χ2n) is 6.76. The van der Waals surface area contributed by atoms with Gasteiger partial charge >= 0.3 is 5.97 Å². The Labute approximate surface area is 175 Å². The molecule has 3 rings (SSSR count). The van der Waals surface area contributed by atoms with Crippen LogP contribution in [-0.4, -0.2) is 44.5 Å². The number of methoxy groups -OCH3 is 2. The first-order valence-corrected chi connectivity index (χ1v) is 10.3. The molecule has 0 saturated heterocycles. The second-order valence-corrected chi connectivity index (χ2v) is 8.24. The number of benzene rings is 2. The van der Waals surface area contributed by atoms with Crippen LogP contribution in [0.3, 0.4) is 0 Å². The molecule has 7 heteroatoms. The van der Waals surface area contributed by atoms with Gasteiger partial charge in [0.15, 0.2) is 18.1 Å². The van der Waals surface area contributed by atoms with Gasteiger partial charge in [0.1, 0.15) is 0 Å². The Kier molecular flexibility index (Phi) is 7.04. The van der Waals surface area contributed by atoms with Crippen LogP contribution in [-0.2, 0) is 20.7 Å². The molecule has 0 saturated carbocycles. The highest BCUT2D eigenvalue weighted by Gasteiger charge is 2.24. The Bertz CT molecular complexity index is 885. The molecule has 2 aromatic carbocycles. The number of hydrogen-bond donors (Lipinski definition) is 0. The molecule has 0 fully saturated rings. The fourth-order valence-corrected chi connectivity index (χ4v) is 4.29. The lowest BCUT2D eigenvalue weighted by Gasteiger charge is -2.22. The minimum absolute atomic E-state index is 0.0527. The van der Waals surface area contributed by atoms with E-state index < -0.39 is 5.97 Å². The van der Waals surface area contributed by atoms with E-state index in [1.165, 1.54) is 7.11 Å². The summed E-state index contributed by atoms with van der Waals surface area (Å²) < 4.78 is 15.7. The van der Waals surface area contributed by atoms with Crippen LogP contribution in [0.1, 0.15) is 18.9 Å². The van der Waals surface area contributed by atoms with E-state index in [-0.39, 0.29) is 18.9 Å². The summed E-state index contributed by atoms with van der Waals surface area (Å²) in [7, 11) is 3.09. The number of ether oxygens (including phenoxy) is 3. The SMILES string of the molecule is COc1ccc(CC(=O)OCC(=O)N2CCC(C)Sc3ccccc32)cc1OC. The van der Waals surface area contributed by atoms with Gasteiger partial charge < -0.3 is 19.1 Å². The van der Waals surface area contributed by atoms with Gasteiger partial charge in [-0.25, -0.2) is 0 Å². The van der Waals surface area contributed by atoms with Gasteiger partial charge in [-0.2, -0.15) is 0 Å². The van der Waals surface area contributed by atoms with Gasteiger partial charge in [-0.3, -0.25) is 9.59 Å². The summed E-state index contributed by atoms with van der Waals surface area (Å²) in [6, 6.07) is 13.1. The standard InChI is InChI=1S/C22H25NO5S/c1-15-10-11-23(17-6-4-5-7-20(17)29-15)21(24)14-28-22(25)13-16-8-9-18(26-2)19(12-16)27-3/h4-9,12,15H,10-11,13-14H2,1-3H3. The lowest BCUT2D eigenvalue weighted by atomic mass is 10.1. The highest BCUT2D eigenvalue weighted by Crippen LogP contribution is 2.37. The molecule has 0 N–H and O–H groups in total. The van der Waals surface area contributed by atoms with Crippen molar-refractivity contribution in [1.29, 1.82) is 0 Å². The molecule has 1 aliphatic rings. The average Bonchev–Trinajstić information content (AvgIpc) is 2.90. The predicted molar refractivity (Wildman–Crippen MR) is 113 cm³/mol. The van der Waals surface area contributed by atoms with Gasteiger partial charge in [-0.05, 0) is 36.2 Å². The summed E-state index contributed by atoms with van der Waals surface area (Å²) in [5.41, 5.74) is 1.60. The summed E-state index contributed by atoms with van der Waals surface area (Å²) in [5.74, 6) is 0.456. The average molecular weight is 416 g/mol. The first kappa shape index (κ1) is 21.0. The number of thioether (sulfide) groups is 1. The van der Waals surface area contributed by atoms with Crippen molar-refractivity contribution in [2.45, 2.75) is 29.9 Å². The minimum atomic E-state index is -0.462. The topological polar surface area (TPSA) is 65.1 Å². The van der Waals surface area contributed by atoms with Crippen molar-refractivity contribution in [3.63, 3.8) is 0 Å². The normalized spacial score (nSPS) is 15.8. The number of carbonyl (C=O) groups excluding carboxylic acids is 2. The zero-order valence-electron chi connectivity index (χ0n) is 16.8. The lowest BCUT2D eigenvalue weighted by Crippen LogP contribution is -2.36. The van der Waals surface area contributed by atoms with E-state index in [0.717, 1.165) is 22.6 Å². The molecule has 0 aliphatic carbocycles. The Morgan fingerprint density at radius 3 is 2.62 bits per heavy atom. The molecular formula is C22H25NO5S. The van der Waals surface area contributed by atoms with Crippen LogP contribution in [0.15, 0.2) is 47.4 Å². The van der Waals surface area contributed by atoms with Gasteiger partial charge in [-0.1, -0.05) is 25.1 Å². The van der Waals surface area contributed by atoms with Crippen molar-refractivity contribution < 1.29 is 23.8 Å². The molecule has 1 amide bonds. The maximum absolute atomic E-state index is 12.8. The molecule has 1 atom stereocenters. The van der Waals surface area contributed by atoms with Crippen LogP contribution in [0.25, 0.3) is 0 Å². The number of nitrogens with zero attached hydrogens (tertiary/aromatic N) is 1. The van der Waals surface area contributed by atoms with E-state index in [0.29, 0.717) is 23.3 Å². The van der Waals surface area contributed by atoms with Crippen LogP contribution in [0.2, 0.25) is 0 Å². The molecule has 1 unspecified atom stereocenters. The van der Waals surface area contributed by atoms with Crippen LogP contribution >= 0.6 is 11.8 Å². The number of amides is 1. The maximum Gasteiger partial charge on any atom is 0.310 e. The number of anilines is 1. The predicted octanol–water partition coefficient (Wildman–Crippen LogP) is 3.71. The van der Waals surface area contributed by atoms with Crippen molar-refractivity contribution in [2.24, 2.45) is 0 Å². The smallest absolute Gasteiger partial charge is 0.310 e. The number of hydrogen-bond acceptors (Lipinski definition) is 6. The van der Waals surface area contributed by atoms with Crippen LogP contribution in [0, 0.1) is 0 Å². The summed E-state index contributed by atoms with van der Waals surface area (Å²) in [6.45, 7) is 2.48. The van der Waals surface area contributed by atoms with E-state index >= 15 is 0 Å². The molecule has 1 heterocycles. The highest BCUT2D eigenvalue weighted by molar-refractivity contribution is 8.00. The molecule has 29 heavy (non-hydrogen) atoms. The third-order valence-electron chi connectivity index (χ3n) is 4.70. The Balaban J connectivity index is 1.61. The molecule has 2 aromatic rings. The van der Waals surface area contributed by atoms with Crippen LogP contribution in [0.4, 0.5) is 5.69 Å². The molecule has 0 bridgehead atoms. The number of para-hydroxylation sites is 1. The van der Waals surface area contributed by atoms with Crippen LogP contribution in [0.5, 0.6) is 11.5 Å². The molecule has 154 valence electrons. The Hall–Kier alpha value is -2.67. The van der Waals surface area contributed by atoms with Crippen molar-refractivity contribution in [3.05, 3.63) is 48.0 Å². The van der Waals surface area contributed by atoms with E-state index in [1.54, 1.807) is 42.0 Å². The summed E-state index contributed by atoms with van der Waals surface area (Å²) in [6.07, 6.45) is 0.932. The maximum atomic E-state index is 12.8. The van der Waals surface area contributed by atoms with E-state index in [1.807, 2.05) is 24.3 Å². The van der Waals surface area contributed by atoms with Crippen molar-refractivity contribution in [3.8, 4) is 11.5 Å². The zero-order valence-corrected chi connectivity index (χ0v) is 17.7. The number of esters is 1. The molecule has 0 radical (unpaired) electrons. The monoisotopic (exact) mass is 415 g/mol. The van der Waals surface area contributed by atoms with Crippen LogP contribution < -0.4 is 14.4 Å². The third kappa shape index (κ3) is 5.23. The van der Waals surface area contributed by atoms with Crippen molar-refractivity contribution in [2.75, 3.05) is 32.3 Å². The number of fused-ring (bicyclic) bond motifs is 1. The van der Waals surface area contributed by atoms with Gasteiger partial charge in [0, 0.05) is 16.7 Å². The first-order valence-electron chi connectivity index (χ1n) is 9.44. The quantitative estimate of drug-likeness (QED) is 0.670. The summed E-state index contributed by atoms with van der Waals surface area (Å²) >= 11 is 1.76. The molecule has 0 spiro atoms. The molecule has 6 nitrogen and oxygen atoms in total. The zero-order chi connectivity index (χ0) is 20.8. The number of rotatable bonds is 6. The molecular weight excluding hydrogens is 390 g/mol. The lowest BCUT2D eigenvalue weighted by molar-refractivity contribution is -0.147. The van der Waals surface area contributed by atoms with Gasteiger partial charge in [0.05, 0.1) is 26.3 Å². The van der Waals surface area contributed by atoms with Gasteiger partial charge in [-0.15, -0.1) is 11.8 Å². The fourth-order valence-electron chi connectivity index (χ4n) is 3.17. The van der Waals surface area contributed by atoms with E-state index in [4.69, 9.17) is 14.2 Å². The summed E-state index contributed by atoms with van der Waals surface area (Å²) in [5, 5.41) is 0.418. The van der Waals surface area contributed by atoms with E-state index in [2.05, 4.69) is 6.92 Å². The molecule has 0 aromatic heterocycles. The second kappa shape index (κ2) is 9.69. The highest BCUT2D eigenvalue weighted by atomic mass is 32.2. The Morgan fingerprint density at radius 1 is 1.10 bits per heavy atom. The van der Waals surface area contributed by atoms with Gasteiger partial charge in [0.25, 0.3) is 5.91 Å². The minimum Gasteiger partial charge on any atom is -0.493 e. The third-order valence-corrected chi connectivity index (χ3v) is 5.93. The first-order chi connectivity index (χ1) is 14.0. The van der Waals surface area contributed by atoms with E-state index in [9.17, 15) is 9.59 Å². The van der Waals surface area contributed by atoms with Crippen molar-refractivity contribution in [1.82, 2.24) is 0 Å². The molecule has 1 aliphatic heterocycles. The largest absolute Gasteiger partial charge is 0.493 e. The fraction of sp³-hybridized carbons (Fsp3) is 0.364.